The molecule has 1 saturated carbocycles. The van der Waals surface area contributed by atoms with Crippen LogP contribution in [0, 0.1) is 11.2 Å². The van der Waals surface area contributed by atoms with E-state index in [0.717, 1.165) is 18.4 Å². The molecule has 0 aliphatic heterocycles. The number of aryl methyl sites for hydroxylation is 1. The van der Waals surface area contributed by atoms with Gasteiger partial charge >= 0.3 is 5.97 Å². The summed E-state index contributed by atoms with van der Waals surface area (Å²) >= 11 is 0. The Morgan fingerprint density at radius 3 is 2.76 bits per heavy atom. The van der Waals surface area contributed by atoms with Crippen LogP contribution >= 0.6 is 0 Å². The highest BCUT2D eigenvalue weighted by Gasteiger charge is 2.42. The van der Waals surface area contributed by atoms with Crippen LogP contribution in [-0.4, -0.2) is 20.6 Å². The Kier molecular flexibility index (Phi) is 3.43. The van der Waals surface area contributed by atoms with Crippen molar-refractivity contribution in [1.82, 2.24) is 9.55 Å². The van der Waals surface area contributed by atoms with Gasteiger partial charge in [-0.05, 0) is 31.9 Å². The first-order valence-electron chi connectivity index (χ1n) is 7.44. The Balaban J connectivity index is 2.08. The lowest BCUT2D eigenvalue weighted by Crippen LogP contribution is -2.31. The van der Waals surface area contributed by atoms with Gasteiger partial charge in [0.1, 0.15) is 11.3 Å². The number of para-hydroxylation sites is 1. The van der Waals surface area contributed by atoms with E-state index >= 15 is 0 Å². The molecule has 1 N–H and O–H groups in total. The maximum absolute atomic E-state index is 13.9. The predicted molar refractivity (Wildman–Crippen MR) is 77.6 cm³/mol. The molecule has 1 aromatic heterocycles. The number of carboxylic acid groups (broad SMARTS) is 1. The lowest BCUT2D eigenvalue weighted by atomic mass is 9.82. The summed E-state index contributed by atoms with van der Waals surface area (Å²) in [7, 11) is 0. The van der Waals surface area contributed by atoms with Crippen LogP contribution in [0.15, 0.2) is 18.2 Å². The fourth-order valence-electron chi connectivity index (χ4n) is 3.47. The number of fused-ring (bicyclic) bond motifs is 1. The monoisotopic (exact) mass is 290 g/mol. The number of aliphatic carboxylic acids is 1. The van der Waals surface area contributed by atoms with Crippen molar-refractivity contribution in [2.75, 3.05) is 0 Å². The zero-order chi connectivity index (χ0) is 15.0. The van der Waals surface area contributed by atoms with E-state index in [9.17, 15) is 14.3 Å². The van der Waals surface area contributed by atoms with Crippen molar-refractivity contribution in [2.45, 2.75) is 45.6 Å². The number of imidazole rings is 1. The average Bonchev–Trinajstić information content (AvgIpc) is 3.05. The summed E-state index contributed by atoms with van der Waals surface area (Å²) in [4.78, 5) is 16.1. The number of carboxylic acids is 1. The van der Waals surface area contributed by atoms with Gasteiger partial charge in [0.25, 0.3) is 0 Å². The first-order chi connectivity index (χ1) is 10.1. The van der Waals surface area contributed by atoms with E-state index in [1.165, 1.54) is 6.07 Å². The van der Waals surface area contributed by atoms with Crippen LogP contribution in [-0.2, 0) is 17.8 Å². The number of nitrogens with zero attached hydrogens (tertiary/aromatic N) is 2. The summed E-state index contributed by atoms with van der Waals surface area (Å²) in [5.74, 6) is -0.422. The Labute approximate surface area is 122 Å². The van der Waals surface area contributed by atoms with Gasteiger partial charge in [0.05, 0.1) is 10.9 Å². The second kappa shape index (κ2) is 5.13. The first-order valence-corrected chi connectivity index (χ1v) is 7.44. The van der Waals surface area contributed by atoms with E-state index in [4.69, 9.17) is 0 Å². The third kappa shape index (κ3) is 2.20. The van der Waals surface area contributed by atoms with Gasteiger partial charge in [-0.2, -0.15) is 0 Å². The molecule has 0 atom stereocenters. The molecular formula is C16H19FN2O2. The van der Waals surface area contributed by atoms with Gasteiger partial charge in [-0.1, -0.05) is 18.9 Å². The first kappa shape index (κ1) is 14.0. The molecule has 1 aliphatic carbocycles. The minimum Gasteiger partial charge on any atom is -0.481 e. The van der Waals surface area contributed by atoms with Gasteiger partial charge in [-0.3, -0.25) is 4.79 Å². The second-order valence-corrected chi connectivity index (χ2v) is 5.85. The van der Waals surface area contributed by atoms with Crippen molar-refractivity contribution in [1.29, 1.82) is 0 Å². The van der Waals surface area contributed by atoms with Crippen LogP contribution < -0.4 is 0 Å². The molecule has 1 aromatic carbocycles. The van der Waals surface area contributed by atoms with E-state index in [0.29, 0.717) is 37.1 Å². The number of aromatic nitrogens is 2. The van der Waals surface area contributed by atoms with Crippen LogP contribution in [0.3, 0.4) is 0 Å². The summed E-state index contributed by atoms with van der Waals surface area (Å²) in [5.41, 5.74) is 0.351. The Hall–Kier alpha value is -1.91. The van der Waals surface area contributed by atoms with Gasteiger partial charge < -0.3 is 9.67 Å². The molecule has 4 nitrogen and oxygen atoms in total. The lowest BCUT2D eigenvalue weighted by molar-refractivity contribution is -0.148. The molecule has 0 saturated heterocycles. The third-order valence-corrected chi connectivity index (χ3v) is 4.64. The van der Waals surface area contributed by atoms with Crippen molar-refractivity contribution in [3.05, 3.63) is 29.8 Å². The topological polar surface area (TPSA) is 55.1 Å². The van der Waals surface area contributed by atoms with Crippen LogP contribution in [0.2, 0.25) is 0 Å². The summed E-state index contributed by atoms with van der Waals surface area (Å²) in [6.07, 6.45) is 3.61. The summed E-state index contributed by atoms with van der Waals surface area (Å²) in [6, 6.07) is 4.89. The van der Waals surface area contributed by atoms with Crippen LogP contribution in [0.1, 0.15) is 38.4 Å². The maximum atomic E-state index is 13.9. The molecule has 0 unspecified atom stereocenters. The van der Waals surface area contributed by atoms with Crippen molar-refractivity contribution in [2.24, 2.45) is 5.41 Å². The van der Waals surface area contributed by atoms with Gasteiger partial charge in [0.15, 0.2) is 5.82 Å². The average molecular weight is 290 g/mol. The molecule has 0 spiro atoms. The van der Waals surface area contributed by atoms with Gasteiger partial charge in [-0.25, -0.2) is 9.37 Å². The van der Waals surface area contributed by atoms with E-state index in [1.54, 1.807) is 6.07 Å². The van der Waals surface area contributed by atoms with Gasteiger partial charge in [-0.15, -0.1) is 0 Å². The van der Waals surface area contributed by atoms with E-state index in [-0.39, 0.29) is 5.82 Å². The quantitative estimate of drug-likeness (QED) is 0.939. The predicted octanol–water partition coefficient (Wildman–Crippen LogP) is 3.38. The molecular weight excluding hydrogens is 271 g/mol. The fourth-order valence-corrected chi connectivity index (χ4v) is 3.47. The molecule has 112 valence electrons. The van der Waals surface area contributed by atoms with Crippen LogP contribution in [0.5, 0.6) is 0 Å². The number of halogens is 1. The maximum Gasteiger partial charge on any atom is 0.310 e. The number of hydrogen-bond acceptors (Lipinski definition) is 2. The summed E-state index contributed by atoms with van der Waals surface area (Å²) in [6.45, 7) is 2.63. The molecule has 1 aliphatic rings. The molecule has 1 fully saturated rings. The second-order valence-electron chi connectivity index (χ2n) is 5.85. The largest absolute Gasteiger partial charge is 0.481 e. The van der Waals surface area contributed by atoms with E-state index in [1.807, 2.05) is 17.6 Å². The number of benzene rings is 1. The minimum absolute atomic E-state index is 0.341. The van der Waals surface area contributed by atoms with Gasteiger partial charge in [0.2, 0.25) is 0 Å². The Morgan fingerprint density at radius 2 is 2.14 bits per heavy atom. The van der Waals surface area contributed by atoms with Crippen molar-refractivity contribution in [3.8, 4) is 0 Å². The zero-order valence-corrected chi connectivity index (χ0v) is 12.1. The van der Waals surface area contributed by atoms with Crippen LogP contribution in [0.25, 0.3) is 11.0 Å². The third-order valence-electron chi connectivity index (χ3n) is 4.64. The lowest BCUT2D eigenvalue weighted by Gasteiger charge is -2.23. The molecule has 0 bridgehead atoms. The minimum atomic E-state index is -0.754. The fraction of sp³-hybridized carbons (Fsp3) is 0.500. The Morgan fingerprint density at radius 1 is 1.43 bits per heavy atom. The molecule has 0 radical (unpaired) electrons. The molecule has 3 rings (SSSR count). The highest BCUT2D eigenvalue weighted by molar-refractivity contribution is 5.78. The summed E-state index contributed by atoms with van der Waals surface area (Å²) < 4.78 is 15.8. The van der Waals surface area contributed by atoms with Crippen molar-refractivity contribution < 1.29 is 14.3 Å². The highest BCUT2D eigenvalue weighted by atomic mass is 19.1. The number of carbonyl (C=O) groups is 1. The van der Waals surface area contributed by atoms with Crippen LogP contribution in [0.4, 0.5) is 4.39 Å². The van der Waals surface area contributed by atoms with Gasteiger partial charge in [0, 0.05) is 13.0 Å². The number of hydrogen-bond donors (Lipinski definition) is 1. The Bertz CT molecular complexity index is 687. The van der Waals surface area contributed by atoms with E-state index < -0.39 is 11.4 Å². The van der Waals surface area contributed by atoms with Crippen molar-refractivity contribution in [3.63, 3.8) is 0 Å². The molecule has 5 heteroatoms. The van der Waals surface area contributed by atoms with Crippen molar-refractivity contribution >= 4 is 17.0 Å². The molecule has 2 aromatic rings. The molecule has 21 heavy (non-hydrogen) atoms. The number of rotatable bonds is 4. The standard InChI is InChI=1S/C16H19FN2O2/c1-2-19-12-7-5-6-11(17)14(12)18-13(19)10-16(15(20)21)8-3-4-9-16/h5-7H,2-4,8-10H2,1H3,(H,20,21). The zero-order valence-electron chi connectivity index (χ0n) is 12.1. The van der Waals surface area contributed by atoms with E-state index in [2.05, 4.69) is 4.98 Å². The molecule has 0 amide bonds. The normalized spacial score (nSPS) is 17.4. The smallest absolute Gasteiger partial charge is 0.310 e. The molecule has 1 heterocycles. The highest BCUT2D eigenvalue weighted by Crippen LogP contribution is 2.41. The summed E-state index contributed by atoms with van der Waals surface area (Å²) in [5, 5.41) is 9.61. The SMILES string of the molecule is CCn1c(CC2(C(=O)O)CCCC2)nc2c(F)cccc21.